The summed E-state index contributed by atoms with van der Waals surface area (Å²) in [7, 11) is 1.61. The molecule has 1 aromatic heterocycles. The van der Waals surface area contributed by atoms with Gasteiger partial charge >= 0.3 is 11.8 Å². The Morgan fingerprint density at radius 3 is 2.39 bits per heavy atom. The summed E-state index contributed by atoms with van der Waals surface area (Å²) in [4.78, 5) is 43.8. The lowest BCUT2D eigenvalue weighted by Gasteiger charge is -2.19. The van der Waals surface area contributed by atoms with E-state index in [2.05, 4.69) is 15.6 Å². The Morgan fingerprint density at radius 1 is 0.921 bits per heavy atom. The Balaban J connectivity index is 1.33. The molecule has 38 heavy (non-hydrogen) atoms. The van der Waals surface area contributed by atoms with Crippen LogP contribution < -0.4 is 15.4 Å². The number of para-hydroxylation sites is 2. The van der Waals surface area contributed by atoms with Crippen LogP contribution in [0.25, 0.3) is 10.9 Å². The van der Waals surface area contributed by atoms with Crippen molar-refractivity contribution >= 4 is 34.3 Å². The van der Waals surface area contributed by atoms with Crippen LogP contribution in [0.1, 0.15) is 40.2 Å². The number of nitrogens with one attached hydrogen (secondary N) is 3. The maximum absolute atomic E-state index is 12.9. The third-order valence-corrected chi connectivity index (χ3v) is 6.99. The number of fused-ring (bicyclic) bond motifs is 1. The van der Waals surface area contributed by atoms with Gasteiger partial charge in [-0.15, -0.1) is 0 Å². The van der Waals surface area contributed by atoms with E-state index in [9.17, 15) is 14.4 Å². The van der Waals surface area contributed by atoms with E-state index in [4.69, 9.17) is 4.74 Å². The van der Waals surface area contributed by atoms with Crippen molar-refractivity contribution < 1.29 is 19.1 Å². The molecule has 0 saturated carbocycles. The maximum atomic E-state index is 12.9. The van der Waals surface area contributed by atoms with Gasteiger partial charge in [-0.05, 0) is 54.3 Å². The first-order valence-electron chi connectivity index (χ1n) is 12.7. The molecule has 2 heterocycles. The van der Waals surface area contributed by atoms with Gasteiger partial charge in [0.25, 0.3) is 5.91 Å². The van der Waals surface area contributed by atoms with E-state index in [0.29, 0.717) is 24.3 Å². The van der Waals surface area contributed by atoms with Gasteiger partial charge in [-0.2, -0.15) is 0 Å². The molecule has 1 saturated heterocycles. The summed E-state index contributed by atoms with van der Waals surface area (Å²) in [6.07, 6.45) is 3.87. The van der Waals surface area contributed by atoms with E-state index < -0.39 is 11.8 Å². The van der Waals surface area contributed by atoms with Crippen LogP contribution in [0.2, 0.25) is 0 Å². The predicted molar refractivity (Wildman–Crippen MR) is 146 cm³/mol. The number of nitrogens with zero attached hydrogens (tertiary/aromatic N) is 1. The Labute approximate surface area is 221 Å². The standard InChI is InChI=1S/C30H30N4O4/c1-38-21-14-12-20(13-15-21)24(25-19-31-26-10-4-2-8-22(25)26)18-32-28(35)29(36)33-27-11-5-3-9-23(27)30(37)34-16-6-7-17-34/h2-5,8-15,19,24,31H,6-7,16-18H2,1H3,(H,32,35)(H,33,36)/t24-/m1/s1. The number of amides is 3. The molecule has 0 unspecified atom stereocenters. The zero-order valence-electron chi connectivity index (χ0n) is 21.2. The molecule has 3 N–H and O–H groups in total. The number of ether oxygens (including phenoxy) is 1. The SMILES string of the molecule is COc1ccc([C@@H](CNC(=O)C(=O)Nc2ccccc2C(=O)N2CCCC2)c2c[nH]c3ccccc23)cc1. The number of aromatic amines is 1. The van der Waals surface area contributed by atoms with E-state index in [1.807, 2.05) is 54.7 Å². The fourth-order valence-electron chi connectivity index (χ4n) is 4.95. The van der Waals surface area contributed by atoms with Crippen molar-refractivity contribution in [3.05, 3.63) is 95.7 Å². The second kappa shape index (κ2) is 11.2. The molecule has 1 fully saturated rings. The van der Waals surface area contributed by atoms with Crippen molar-refractivity contribution in [3.8, 4) is 5.75 Å². The minimum atomic E-state index is -0.820. The summed E-state index contributed by atoms with van der Waals surface area (Å²) in [5.41, 5.74) is 3.67. The number of carbonyl (C=O) groups excluding carboxylic acids is 3. The third-order valence-electron chi connectivity index (χ3n) is 6.99. The first-order chi connectivity index (χ1) is 18.5. The minimum Gasteiger partial charge on any atom is -0.497 e. The monoisotopic (exact) mass is 510 g/mol. The second-order valence-corrected chi connectivity index (χ2v) is 9.32. The molecule has 3 aromatic carbocycles. The van der Waals surface area contributed by atoms with Gasteiger partial charge in [0.2, 0.25) is 0 Å². The normalized spacial score (nSPS) is 13.8. The fraction of sp³-hybridized carbons (Fsp3) is 0.233. The zero-order chi connectivity index (χ0) is 26.5. The van der Waals surface area contributed by atoms with Crippen LogP contribution in [0.3, 0.4) is 0 Å². The molecule has 0 bridgehead atoms. The molecule has 3 amide bonds. The van der Waals surface area contributed by atoms with E-state index in [-0.39, 0.29) is 18.4 Å². The highest BCUT2D eigenvalue weighted by atomic mass is 16.5. The van der Waals surface area contributed by atoms with Gasteiger partial charge in [0.05, 0.1) is 18.4 Å². The van der Waals surface area contributed by atoms with Crippen molar-refractivity contribution in [1.82, 2.24) is 15.2 Å². The lowest BCUT2D eigenvalue weighted by atomic mass is 9.90. The van der Waals surface area contributed by atoms with E-state index >= 15 is 0 Å². The average Bonchev–Trinajstić information content (AvgIpc) is 3.64. The van der Waals surface area contributed by atoms with Crippen molar-refractivity contribution in [2.24, 2.45) is 0 Å². The smallest absolute Gasteiger partial charge is 0.313 e. The van der Waals surface area contributed by atoms with Crippen molar-refractivity contribution in [3.63, 3.8) is 0 Å². The Kier molecular flexibility index (Phi) is 7.40. The first-order valence-corrected chi connectivity index (χ1v) is 12.7. The highest BCUT2D eigenvalue weighted by Gasteiger charge is 2.25. The molecule has 194 valence electrons. The number of methoxy groups -OCH3 is 1. The van der Waals surface area contributed by atoms with Gasteiger partial charge in [0, 0.05) is 42.7 Å². The molecule has 0 spiro atoms. The van der Waals surface area contributed by atoms with E-state index in [1.54, 1.807) is 36.3 Å². The number of H-pyrrole nitrogens is 1. The van der Waals surface area contributed by atoms with Crippen molar-refractivity contribution in [2.45, 2.75) is 18.8 Å². The van der Waals surface area contributed by atoms with Gasteiger partial charge in [-0.1, -0.05) is 42.5 Å². The van der Waals surface area contributed by atoms with Crippen LogP contribution in [-0.4, -0.2) is 54.3 Å². The highest BCUT2D eigenvalue weighted by Crippen LogP contribution is 2.31. The molecule has 5 rings (SSSR count). The summed E-state index contributed by atoms with van der Waals surface area (Å²) in [5.74, 6) is -1.21. The number of likely N-dealkylation sites (tertiary alicyclic amines) is 1. The van der Waals surface area contributed by atoms with Gasteiger partial charge in [-0.3, -0.25) is 14.4 Å². The third kappa shape index (κ3) is 5.25. The van der Waals surface area contributed by atoms with Gasteiger partial charge in [0.1, 0.15) is 5.75 Å². The van der Waals surface area contributed by atoms with Gasteiger partial charge in [0.15, 0.2) is 0 Å². The Hall–Kier alpha value is -4.59. The largest absolute Gasteiger partial charge is 0.497 e. The minimum absolute atomic E-state index is 0.141. The molecule has 0 aliphatic carbocycles. The first kappa shape index (κ1) is 25.1. The predicted octanol–water partition coefficient (Wildman–Crippen LogP) is 4.30. The topological polar surface area (TPSA) is 104 Å². The zero-order valence-corrected chi connectivity index (χ0v) is 21.2. The van der Waals surface area contributed by atoms with Crippen LogP contribution in [0.15, 0.2) is 79.0 Å². The Bertz CT molecular complexity index is 1450. The molecule has 8 nitrogen and oxygen atoms in total. The lowest BCUT2D eigenvalue weighted by Crippen LogP contribution is -2.38. The molecular weight excluding hydrogens is 480 g/mol. The van der Waals surface area contributed by atoms with E-state index in [1.165, 1.54) is 0 Å². The van der Waals surface area contributed by atoms with Crippen LogP contribution in [0, 0.1) is 0 Å². The Morgan fingerprint density at radius 2 is 1.63 bits per heavy atom. The summed E-state index contributed by atoms with van der Waals surface area (Å²) < 4.78 is 5.30. The number of anilines is 1. The van der Waals surface area contributed by atoms with Crippen LogP contribution in [-0.2, 0) is 9.59 Å². The fourth-order valence-corrected chi connectivity index (χ4v) is 4.95. The summed E-state index contributed by atoms with van der Waals surface area (Å²) in [6.45, 7) is 1.60. The molecule has 0 radical (unpaired) electrons. The highest BCUT2D eigenvalue weighted by molar-refractivity contribution is 6.40. The molecular formula is C30H30N4O4. The number of aromatic nitrogens is 1. The van der Waals surface area contributed by atoms with Gasteiger partial charge < -0.3 is 25.3 Å². The van der Waals surface area contributed by atoms with Gasteiger partial charge in [-0.25, -0.2) is 0 Å². The maximum Gasteiger partial charge on any atom is 0.313 e. The second-order valence-electron chi connectivity index (χ2n) is 9.32. The summed E-state index contributed by atoms with van der Waals surface area (Å²) >= 11 is 0. The number of rotatable bonds is 7. The van der Waals surface area contributed by atoms with Crippen molar-refractivity contribution in [2.75, 3.05) is 32.1 Å². The van der Waals surface area contributed by atoms with Crippen LogP contribution in [0.5, 0.6) is 5.75 Å². The quantitative estimate of drug-likeness (QED) is 0.323. The molecule has 1 aliphatic heterocycles. The van der Waals surface area contributed by atoms with Crippen LogP contribution >= 0.6 is 0 Å². The van der Waals surface area contributed by atoms with Crippen LogP contribution in [0.4, 0.5) is 5.69 Å². The summed E-state index contributed by atoms with van der Waals surface area (Å²) in [5, 5.41) is 6.47. The average molecular weight is 511 g/mol. The van der Waals surface area contributed by atoms with Crippen molar-refractivity contribution in [1.29, 1.82) is 0 Å². The number of hydrogen-bond donors (Lipinski definition) is 3. The molecule has 4 aromatic rings. The van der Waals surface area contributed by atoms with E-state index in [0.717, 1.165) is 40.6 Å². The summed E-state index contributed by atoms with van der Waals surface area (Å²) in [6, 6.07) is 22.4. The number of carbonyl (C=O) groups is 3. The molecule has 1 atom stereocenters. The molecule has 8 heteroatoms. The molecule has 1 aliphatic rings. The number of hydrogen-bond acceptors (Lipinski definition) is 4. The lowest BCUT2D eigenvalue weighted by molar-refractivity contribution is -0.136. The number of benzene rings is 3.